The van der Waals surface area contributed by atoms with Crippen LogP contribution in [0.3, 0.4) is 0 Å². The lowest BCUT2D eigenvalue weighted by Gasteiger charge is -2.17. The number of pyridine rings is 4. The third kappa shape index (κ3) is 4.21. The summed E-state index contributed by atoms with van der Waals surface area (Å²) >= 11 is 0. The van der Waals surface area contributed by atoms with E-state index in [1.807, 2.05) is 80.6 Å². The summed E-state index contributed by atoms with van der Waals surface area (Å²) in [5.41, 5.74) is 8.08. The van der Waals surface area contributed by atoms with Crippen LogP contribution in [0.2, 0.25) is 0 Å². The fourth-order valence-corrected chi connectivity index (χ4v) is 3.90. The van der Waals surface area contributed by atoms with Crippen LogP contribution in [-0.4, -0.2) is 31.4 Å². The van der Waals surface area contributed by atoms with E-state index in [-0.39, 0.29) is 11.4 Å². The third-order valence-corrected chi connectivity index (χ3v) is 5.50. The molecule has 0 radical (unpaired) electrons. The molecule has 0 aromatic carbocycles. The van der Waals surface area contributed by atoms with Crippen LogP contribution >= 0.6 is 0 Å². The number of allylic oxidation sites excluding steroid dienone is 4. The van der Waals surface area contributed by atoms with E-state index in [1.165, 1.54) is 0 Å². The molecule has 4 aromatic rings. The first kappa shape index (κ1) is 21.3. The van der Waals surface area contributed by atoms with Gasteiger partial charge in [-0.15, -0.1) is 0 Å². The maximum atomic E-state index is 8.58. The molecule has 0 saturated carbocycles. The summed E-state index contributed by atoms with van der Waals surface area (Å²) in [6, 6.07) is 19.3. The molecule has 0 fully saturated rings. The van der Waals surface area contributed by atoms with Gasteiger partial charge in [-0.3, -0.25) is 20.8 Å². The van der Waals surface area contributed by atoms with Gasteiger partial charge in [-0.2, -0.15) is 0 Å². The lowest BCUT2D eigenvalue weighted by Crippen LogP contribution is -2.17. The van der Waals surface area contributed by atoms with E-state index in [2.05, 4.69) is 9.97 Å². The van der Waals surface area contributed by atoms with Crippen molar-refractivity contribution in [3.8, 4) is 22.8 Å². The molecule has 4 aromatic heterocycles. The average molecular weight is 443 g/mol. The van der Waals surface area contributed by atoms with Gasteiger partial charge in [0.2, 0.25) is 0 Å². The van der Waals surface area contributed by atoms with E-state index >= 15 is 0 Å². The molecule has 0 unspecified atom stereocenters. The van der Waals surface area contributed by atoms with Crippen molar-refractivity contribution < 1.29 is 0 Å². The summed E-state index contributed by atoms with van der Waals surface area (Å²) in [7, 11) is 0. The molecule has 0 bridgehead atoms. The Kier molecular flexibility index (Phi) is 5.47. The Labute approximate surface area is 197 Å². The van der Waals surface area contributed by atoms with Gasteiger partial charge in [-0.25, -0.2) is 9.97 Å². The Hall–Kier alpha value is -4.58. The predicted octanol–water partition coefficient (Wildman–Crippen LogP) is 5.74. The molecule has 0 saturated heterocycles. The number of rotatable bonds is 4. The normalized spacial score (nSPS) is 13.5. The first-order chi connectivity index (χ1) is 16.5. The van der Waals surface area contributed by atoms with Gasteiger partial charge in [-0.05, 0) is 85.7 Å². The Morgan fingerprint density at radius 2 is 1.12 bits per heavy atom. The zero-order chi connectivity index (χ0) is 23.7. The van der Waals surface area contributed by atoms with Crippen molar-refractivity contribution in [3.05, 3.63) is 108 Å². The van der Waals surface area contributed by atoms with Gasteiger partial charge in [0.25, 0.3) is 0 Å². The summed E-state index contributed by atoms with van der Waals surface area (Å²) in [5, 5.41) is 17.1. The highest BCUT2D eigenvalue weighted by Gasteiger charge is 2.21. The average Bonchev–Trinajstić information content (AvgIpc) is 2.86. The molecule has 34 heavy (non-hydrogen) atoms. The second-order valence-corrected chi connectivity index (χ2v) is 8.21. The number of nitrogens with zero attached hydrogens (tertiary/aromatic N) is 4. The number of hydrogen-bond donors (Lipinski definition) is 2. The van der Waals surface area contributed by atoms with Crippen LogP contribution in [-0.2, 0) is 0 Å². The molecule has 2 N–H and O–H groups in total. The second kappa shape index (κ2) is 8.75. The van der Waals surface area contributed by atoms with Crippen LogP contribution in [0.5, 0.6) is 0 Å². The van der Waals surface area contributed by atoms with Gasteiger partial charge in [0.05, 0.1) is 45.6 Å². The molecular formula is C28H22N6. The molecule has 5 rings (SSSR count). The fourth-order valence-electron chi connectivity index (χ4n) is 3.90. The van der Waals surface area contributed by atoms with Crippen molar-refractivity contribution in [2.75, 3.05) is 0 Å². The van der Waals surface area contributed by atoms with Crippen LogP contribution in [0.25, 0.3) is 33.9 Å². The van der Waals surface area contributed by atoms with Crippen molar-refractivity contribution in [2.45, 2.75) is 13.8 Å². The maximum Gasteiger partial charge on any atom is 0.0896 e. The number of aromatic nitrogens is 4. The zero-order valence-corrected chi connectivity index (χ0v) is 18.9. The Bertz CT molecular complexity index is 1480. The third-order valence-electron chi connectivity index (χ3n) is 5.50. The molecule has 0 spiro atoms. The van der Waals surface area contributed by atoms with Gasteiger partial charge in [0, 0.05) is 23.5 Å². The molecule has 1 aliphatic rings. The van der Waals surface area contributed by atoms with Crippen LogP contribution in [0.1, 0.15) is 22.5 Å². The smallest absolute Gasteiger partial charge is 0.0896 e. The second-order valence-electron chi connectivity index (χ2n) is 8.21. The summed E-state index contributed by atoms with van der Waals surface area (Å²) in [6.45, 7) is 4.01. The Morgan fingerprint density at radius 3 is 1.68 bits per heavy atom. The molecule has 1 aliphatic carbocycles. The lowest BCUT2D eigenvalue weighted by molar-refractivity contribution is 1.20. The van der Waals surface area contributed by atoms with Crippen molar-refractivity contribution in [1.29, 1.82) is 10.8 Å². The summed E-state index contributed by atoms with van der Waals surface area (Å²) in [6.07, 6.45) is 7.07. The Balaban J connectivity index is 1.61. The van der Waals surface area contributed by atoms with E-state index in [0.717, 1.165) is 45.2 Å². The molecule has 0 atom stereocenters. The quantitative estimate of drug-likeness (QED) is 0.394. The molecular weight excluding hydrogens is 420 g/mol. The molecule has 6 heteroatoms. The topological polar surface area (TPSA) is 99.3 Å². The standard InChI is InChI=1S/C28H22N6/c1-17-11-24(33-26(13-17)22-7-3-5-9-31-22)19-15-20(28(30)21(29)16-19)25-12-18(2)14-27(34-25)23-8-4-6-10-32-23/h3-16,29-30H,1-2H3. The van der Waals surface area contributed by atoms with Gasteiger partial charge in [-0.1, -0.05) is 12.1 Å². The highest BCUT2D eigenvalue weighted by atomic mass is 14.8. The van der Waals surface area contributed by atoms with Crippen LogP contribution < -0.4 is 0 Å². The first-order valence-electron chi connectivity index (χ1n) is 10.9. The SMILES string of the molecule is Cc1cc(C2=CC(=N)C(=N)C(c3cc(C)cc(-c4ccccn4)n3)=C2)nc(-c2ccccn2)c1. The highest BCUT2D eigenvalue weighted by molar-refractivity contribution is 6.61. The largest absolute Gasteiger partial charge is 0.299 e. The predicted molar refractivity (Wildman–Crippen MR) is 136 cm³/mol. The van der Waals surface area contributed by atoms with Crippen LogP contribution in [0.15, 0.2) is 85.2 Å². The minimum atomic E-state index is 0.123. The van der Waals surface area contributed by atoms with Crippen LogP contribution in [0.4, 0.5) is 0 Å². The van der Waals surface area contributed by atoms with Crippen molar-refractivity contribution in [1.82, 2.24) is 19.9 Å². The van der Waals surface area contributed by atoms with Gasteiger partial charge in [0.15, 0.2) is 0 Å². The van der Waals surface area contributed by atoms with E-state index in [9.17, 15) is 0 Å². The number of hydrogen-bond acceptors (Lipinski definition) is 6. The highest BCUT2D eigenvalue weighted by Crippen LogP contribution is 2.30. The number of nitrogens with one attached hydrogen (secondary N) is 2. The van der Waals surface area contributed by atoms with E-state index in [0.29, 0.717) is 11.3 Å². The summed E-state index contributed by atoms with van der Waals surface area (Å²) in [4.78, 5) is 18.5. The minimum Gasteiger partial charge on any atom is -0.299 e. The zero-order valence-electron chi connectivity index (χ0n) is 18.9. The van der Waals surface area contributed by atoms with E-state index in [4.69, 9.17) is 20.8 Å². The molecule has 0 aliphatic heterocycles. The van der Waals surface area contributed by atoms with Crippen molar-refractivity contribution >= 4 is 22.6 Å². The van der Waals surface area contributed by atoms with Crippen molar-refractivity contribution in [2.24, 2.45) is 0 Å². The van der Waals surface area contributed by atoms with Crippen LogP contribution in [0, 0.1) is 24.7 Å². The fraction of sp³-hybridized carbons (Fsp3) is 0.0714. The van der Waals surface area contributed by atoms with Crippen molar-refractivity contribution in [3.63, 3.8) is 0 Å². The Morgan fingerprint density at radius 1 is 0.588 bits per heavy atom. The first-order valence-corrected chi connectivity index (χ1v) is 10.9. The van der Waals surface area contributed by atoms with Gasteiger partial charge < -0.3 is 0 Å². The minimum absolute atomic E-state index is 0.123. The molecule has 164 valence electrons. The van der Waals surface area contributed by atoms with Gasteiger partial charge >= 0.3 is 0 Å². The summed E-state index contributed by atoms with van der Waals surface area (Å²) in [5.74, 6) is 0. The maximum absolute atomic E-state index is 8.58. The lowest BCUT2D eigenvalue weighted by atomic mass is 9.90. The van der Waals surface area contributed by atoms with E-state index < -0.39 is 0 Å². The molecule has 4 heterocycles. The van der Waals surface area contributed by atoms with E-state index in [1.54, 1.807) is 18.5 Å². The molecule has 0 amide bonds. The monoisotopic (exact) mass is 442 g/mol. The number of aryl methyl sites for hydroxylation is 2. The summed E-state index contributed by atoms with van der Waals surface area (Å²) < 4.78 is 0. The van der Waals surface area contributed by atoms with Gasteiger partial charge in [0.1, 0.15) is 0 Å². The molecule has 6 nitrogen and oxygen atoms in total.